The molecule has 0 aliphatic heterocycles. The number of hydrogen-bond donors (Lipinski definition) is 3. The zero-order chi connectivity index (χ0) is 15.7. The number of aromatic amines is 1. The maximum absolute atomic E-state index is 11.2. The lowest BCUT2D eigenvalue weighted by Crippen LogP contribution is -2.10. The van der Waals surface area contributed by atoms with E-state index < -0.39 is 5.91 Å². The molecule has 7 heteroatoms. The van der Waals surface area contributed by atoms with Gasteiger partial charge in [0.05, 0.1) is 6.26 Å². The predicted octanol–water partition coefficient (Wildman–Crippen LogP) is 1.89. The molecule has 0 aromatic carbocycles. The molecule has 0 fully saturated rings. The van der Waals surface area contributed by atoms with Gasteiger partial charge >= 0.3 is 0 Å². The number of nitrogens with one attached hydrogen (secondary N) is 1. The van der Waals surface area contributed by atoms with E-state index in [2.05, 4.69) is 9.97 Å². The summed E-state index contributed by atoms with van der Waals surface area (Å²) in [5.74, 6) is 0.0365. The van der Waals surface area contributed by atoms with Gasteiger partial charge in [0.25, 0.3) is 5.91 Å². The first-order valence-electron chi connectivity index (χ1n) is 6.33. The summed E-state index contributed by atoms with van der Waals surface area (Å²) in [6.45, 7) is 0. The number of amides is 1. The van der Waals surface area contributed by atoms with Crippen molar-refractivity contribution in [1.82, 2.24) is 9.97 Å². The highest BCUT2D eigenvalue weighted by atomic mass is 16.3. The number of rotatable bonds is 3. The van der Waals surface area contributed by atoms with Gasteiger partial charge < -0.3 is 20.9 Å². The number of aromatic nitrogens is 2. The molecule has 0 atom stereocenters. The molecule has 5 N–H and O–H groups in total. The molecular formula is C15H11N5O2. The second-order valence-electron chi connectivity index (χ2n) is 4.57. The standard InChI is InChI=1S/C15H11N5O2/c16-6-10-9(8-4-12(15(18)21)19-7-8)5-11(20-14(10)17)13-2-1-3-22-13/h1-5,7,19H,(H2,17,20)(H2,18,21). The Bertz CT molecular complexity index is 887. The van der Waals surface area contributed by atoms with Gasteiger partial charge in [-0.1, -0.05) is 0 Å². The first kappa shape index (κ1) is 13.5. The van der Waals surface area contributed by atoms with Crippen LogP contribution < -0.4 is 11.5 Å². The minimum absolute atomic E-state index is 0.0909. The predicted molar refractivity (Wildman–Crippen MR) is 79.4 cm³/mol. The molecule has 22 heavy (non-hydrogen) atoms. The van der Waals surface area contributed by atoms with Crippen molar-refractivity contribution in [2.75, 3.05) is 5.73 Å². The van der Waals surface area contributed by atoms with E-state index in [1.54, 1.807) is 30.5 Å². The Morgan fingerprint density at radius 2 is 2.23 bits per heavy atom. The lowest BCUT2D eigenvalue weighted by atomic mass is 10.0. The van der Waals surface area contributed by atoms with Crippen molar-refractivity contribution in [2.24, 2.45) is 5.73 Å². The Morgan fingerprint density at radius 1 is 1.41 bits per heavy atom. The van der Waals surface area contributed by atoms with E-state index in [9.17, 15) is 10.1 Å². The van der Waals surface area contributed by atoms with Crippen molar-refractivity contribution < 1.29 is 9.21 Å². The zero-order valence-corrected chi connectivity index (χ0v) is 11.3. The minimum Gasteiger partial charge on any atom is -0.463 e. The number of furan rings is 1. The molecule has 0 spiro atoms. The van der Waals surface area contributed by atoms with E-state index in [1.165, 1.54) is 6.26 Å². The monoisotopic (exact) mass is 293 g/mol. The number of nitrogens with two attached hydrogens (primary N) is 2. The number of nitriles is 1. The van der Waals surface area contributed by atoms with Gasteiger partial charge in [-0.2, -0.15) is 5.26 Å². The lowest BCUT2D eigenvalue weighted by Gasteiger charge is -2.07. The van der Waals surface area contributed by atoms with Crippen LogP contribution >= 0.6 is 0 Å². The van der Waals surface area contributed by atoms with Gasteiger partial charge in [-0.15, -0.1) is 0 Å². The van der Waals surface area contributed by atoms with Crippen molar-refractivity contribution in [3.63, 3.8) is 0 Å². The van der Waals surface area contributed by atoms with E-state index in [4.69, 9.17) is 15.9 Å². The van der Waals surface area contributed by atoms with Gasteiger partial charge in [-0.25, -0.2) is 4.98 Å². The summed E-state index contributed by atoms with van der Waals surface area (Å²) in [5.41, 5.74) is 13.2. The van der Waals surface area contributed by atoms with Gasteiger partial charge in [0.2, 0.25) is 0 Å². The van der Waals surface area contributed by atoms with Crippen LogP contribution in [-0.4, -0.2) is 15.9 Å². The SMILES string of the molecule is N#Cc1c(-c2c[nH]c(C(N)=O)c2)cc(-c2ccco2)nc1N. The second kappa shape index (κ2) is 5.10. The van der Waals surface area contributed by atoms with E-state index in [-0.39, 0.29) is 17.1 Å². The minimum atomic E-state index is -0.585. The quantitative estimate of drug-likeness (QED) is 0.677. The Morgan fingerprint density at radius 3 is 2.82 bits per heavy atom. The Balaban J connectivity index is 2.20. The Labute approximate surface area is 125 Å². The number of primary amides is 1. The van der Waals surface area contributed by atoms with E-state index in [0.29, 0.717) is 22.6 Å². The number of H-pyrrole nitrogens is 1. The van der Waals surface area contributed by atoms with Crippen LogP contribution in [0.1, 0.15) is 16.1 Å². The first-order chi connectivity index (χ1) is 10.6. The lowest BCUT2D eigenvalue weighted by molar-refractivity contribution is 0.0996. The number of carbonyl (C=O) groups excluding carboxylic acids is 1. The van der Waals surface area contributed by atoms with Gasteiger partial charge in [-0.3, -0.25) is 4.79 Å². The molecule has 3 aromatic rings. The molecule has 3 heterocycles. The molecule has 0 aliphatic carbocycles. The summed E-state index contributed by atoms with van der Waals surface area (Å²) >= 11 is 0. The summed E-state index contributed by atoms with van der Waals surface area (Å²) in [7, 11) is 0. The fraction of sp³-hybridized carbons (Fsp3) is 0. The topological polar surface area (TPSA) is 135 Å². The number of nitrogens with zero attached hydrogens (tertiary/aromatic N) is 2. The molecule has 108 valence electrons. The van der Waals surface area contributed by atoms with Gasteiger partial charge in [0, 0.05) is 17.3 Å². The number of anilines is 1. The van der Waals surface area contributed by atoms with Crippen LogP contribution in [0.15, 0.2) is 41.1 Å². The Hall–Kier alpha value is -3.53. The Kier molecular flexibility index (Phi) is 3.12. The van der Waals surface area contributed by atoms with Gasteiger partial charge in [0.1, 0.15) is 28.8 Å². The van der Waals surface area contributed by atoms with Crippen molar-refractivity contribution >= 4 is 11.7 Å². The number of hydrogen-bond acceptors (Lipinski definition) is 5. The number of nitrogen functional groups attached to an aromatic ring is 1. The number of carbonyl (C=O) groups is 1. The highest BCUT2D eigenvalue weighted by molar-refractivity contribution is 5.93. The van der Waals surface area contributed by atoms with Gasteiger partial charge in [0.15, 0.2) is 5.76 Å². The van der Waals surface area contributed by atoms with Crippen LogP contribution in [0, 0.1) is 11.3 Å². The van der Waals surface area contributed by atoms with E-state index in [0.717, 1.165) is 0 Å². The van der Waals surface area contributed by atoms with Crippen LogP contribution in [0.5, 0.6) is 0 Å². The summed E-state index contributed by atoms with van der Waals surface area (Å²) in [6.07, 6.45) is 3.11. The maximum Gasteiger partial charge on any atom is 0.265 e. The third kappa shape index (κ3) is 2.19. The largest absolute Gasteiger partial charge is 0.463 e. The highest BCUT2D eigenvalue weighted by Crippen LogP contribution is 2.31. The van der Waals surface area contributed by atoms with Crippen molar-refractivity contribution in [3.05, 3.63) is 48.0 Å². The third-order valence-corrected chi connectivity index (χ3v) is 3.19. The third-order valence-electron chi connectivity index (χ3n) is 3.19. The molecular weight excluding hydrogens is 282 g/mol. The van der Waals surface area contributed by atoms with Crippen molar-refractivity contribution in [2.45, 2.75) is 0 Å². The molecule has 3 aromatic heterocycles. The fourth-order valence-corrected chi connectivity index (χ4v) is 2.15. The van der Waals surface area contributed by atoms with E-state index >= 15 is 0 Å². The summed E-state index contributed by atoms with van der Waals surface area (Å²) in [5, 5.41) is 9.30. The zero-order valence-electron chi connectivity index (χ0n) is 11.3. The second-order valence-corrected chi connectivity index (χ2v) is 4.57. The van der Waals surface area contributed by atoms with Gasteiger partial charge in [-0.05, 0) is 24.3 Å². The normalized spacial score (nSPS) is 10.3. The van der Waals surface area contributed by atoms with Crippen molar-refractivity contribution in [3.8, 4) is 28.7 Å². The molecule has 0 saturated carbocycles. The molecule has 0 aliphatic rings. The van der Waals surface area contributed by atoms with Crippen LogP contribution in [0.3, 0.4) is 0 Å². The van der Waals surface area contributed by atoms with Crippen LogP contribution in [0.25, 0.3) is 22.6 Å². The smallest absolute Gasteiger partial charge is 0.265 e. The molecule has 3 rings (SSSR count). The average Bonchev–Trinajstić information content (AvgIpc) is 3.18. The molecule has 0 saturated heterocycles. The maximum atomic E-state index is 11.2. The van der Waals surface area contributed by atoms with Crippen LogP contribution in [-0.2, 0) is 0 Å². The summed E-state index contributed by atoms with van der Waals surface area (Å²) in [6, 6.07) is 8.74. The summed E-state index contributed by atoms with van der Waals surface area (Å²) < 4.78 is 5.30. The summed E-state index contributed by atoms with van der Waals surface area (Å²) in [4.78, 5) is 18.1. The van der Waals surface area contributed by atoms with Crippen LogP contribution in [0.4, 0.5) is 5.82 Å². The molecule has 1 amide bonds. The molecule has 0 bridgehead atoms. The first-order valence-corrected chi connectivity index (χ1v) is 6.33. The van der Waals surface area contributed by atoms with Crippen molar-refractivity contribution in [1.29, 1.82) is 5.26 Å². The van der Waals surface area contributed by atoms with Crippen LogP contribution in [0.2, 0.25) is 0 Å². The van der Waals surface area contributed by atoms with E-state index in [1.807, 2.05) is 6.07 Å². The highest BCUT2D eigenvalue weighted by Gasteiger charge is 2.16. The molecule has 7 nitrogen and oxygen atoms in total. The average molecular weight is 293 g/mol. The number of pyridine rings is 1. The molecule has 0 unspecified atom stereocenters. The molecule has 0 radical (unpaired) electrons. The fourth-order valence-electron chi connectivity index (χ4n) is 2.15.